The first kappa shape index (κ1) is 21.9. The maximum atomic E-state index is 13.0. The van der Waals surface area contributed by atoms with E-state index >= 15 is 0 Å². The number of thioether (sulfide) groups is 2. The highest BCUT2D eigenvalue weighted by atomic mass is 32.2. The summed E-state index contributed by atoms with van der Waals surface area (Å²) in [4.78, 5) is 28.5. The number of fused-ring (bicyclic) bond motifs is 2. The molecule has 2 heterocycles. The van der Waals surface area contributed by atoms with E-state index in [4.69, 9.17) is 0 Å². The standard InChI is InChI=1S/C26H30N2O2S2/c29-25(27-21-13-15-31-23-7-3-1-5-19(21)23)17-9-11-18(12-10-17)26(30)28-22-14-16-32-24-8-4-2-6-20(22)24/h1-8,17-18,21-22H,9-16H2,(H,27,29)(H,28,30)/t17?,18?,21-,22+. The number of carbonyl (C=O) groups is 2. The van der Waals surface area contributed by atoms with E-state index in [1.165, 1.54) is 20.9 Å². The molecule has 4 nitrogen and oxygen atoms in total. The third kappa shape index (κ3) is 4.72. The number of rotatable bonds is 4. The topological polar surface area (TPSA) is 58.2 Å². The van der Waals surface area contributed by atoms with Gasteiger partial charge < -0.3 is 10.6 Å². The lowest BCUT2D eigenvalue weighted by molar-refractivity contribution is -0.131. The van der Waals surface area contributed by atoms with E-state index in [0.29, 0.717) is 0 Å². The minimum atomic E-state index is 0.0209. The number of hydrogen-bond acceptors (Lipinski definition) is 4. The van der Waals surface area contributed by atoms with Gasteiger partial charge in [0.15, 0.2) is 0 Å². The molecule has 0 unspecified atom stereocenters. The molecular weight excluding hydrogens is 436 g/mol. The van der Waals surface area contributed by atoms with Crippen molar-refractivity contribution in [3.05, 3.63) is 59.7 Å². The van der Waals surface area contributed by atoms with Gasteiger partial charge in [-0.25, -0.2) is 0 Å². The highest BCUT2D eigenvalue weighted by Crippen LogP contribution is 2.38. The smallest absolute Gasteiger partial charge is 0.223 e. The van der Waals surface area contributed by atoms with Crippen molar-refractivity contribution in [3.8, 4) is 0 Å². The Morgan fingerprint density at radius 3 is 1.47 bits per heavy atom. The molecule has 2 N–H and O–H groups in total. The van der Waals surface area contributed by atoms with Crippen LogP contribution in [-0.4, -0.2) is 23.3 Å². The van der Waals surface area contributed by atoms with Gasteiger partial charge in [0, 0.05) is 33.1 Å². The average molecular weight is 467 g/mol. The van der Waals surface area contributed by atoms with Gasteiger partial charge in [0.25, 0.3) is 0 Å². The van der Waals surface area contributed by atoms with Gasteiger partial charge >= 0.3 is 0 Å². The normalized spacial score (nSPS) is 27.0. The van der Waals surface area contributed by atoms with Crippen LogP contribution in [0.2, 0.25) is 0 Å². The van der Waals surface area contributed by atoms with Gasteiger partial charge in [0.1, 0.15) is 0 Å². The largest absolute Gasteiger partial charge is 0.349 e. The van der Waals surface area contributed by atoms with Crippen molar-refractivity contribution in [1.29, 1.82) is 0 Å². The van der Waals surface area contributed by atoms with Crippen molar-refractivity contribution in [3.63, 3.8) is 0 Å². The first-order chi connectivity index (χ1) is 15.7. The van der Waals surface area contributed by atoms with E-state index in [1.54, 1.807) is 0 Å². The van der Waals surface area contributed by atoms with Crippen molar-refractivity contribution in [2.24, 2.45) is 11.8 Å². The fraction of sp³-hybridized carbons (Fsp3) is 0.462. The van der Waals surface area contributed by atoms with Crippen molar-refractivity contribution < 1.29 is 9.59 Å². The minimum Gasteiger partial charge on any atom is -0.349 e. The number of carbonyl (C=O) groups excluding carboxylic acids is 2. The average Bonchev–Trinajstić information content (AvgIpc) is 2.84. The molecule has 0 radical (unpaired) electrons. The van der Waals surface area contributed by atoms with E-state index < -0.39 is 0 Å². The fourth-order valence-electron chi connectivity index (χ4n) is 5.18. The summed E-state index contributed by atoms with van der Waals surface area (Å²) in [6.07, 6.45) is 5.14. The molecule has 0 aromatic heterocycles. The zero-order chi connectivity index (χ0) is 21.9. The predicted octanol–water partition coefficient (Wildman–Crippen LogP) is 5.50. The molecular formula is C26H30N2O2S2. The molecule has 0 saturated heterocycles. The molecule has 0 spiro atoms. The molecule has 2 aromatic rings. The summed E-state index contributed by atoms with van der Waals surface area (Å²) in [5, 5.41) is 6.62. The van der Waals surface area contributed by atoms with Gasteiger partial charge in [-0.3, -0.25) is 9.59 Å². The van der Waals surface area contributed by atoms with Gasteiger partial charge in [-0.2, -0.15) is 0 Å². The maximum absolute atomic E-state index is 13.0. The second-order valence-electron chi connectivity index (χ2n) is 9.02. The van der Waals surface area contributed by atoms with Crippen LogP contribution in [-0.2, 0) is 9.59 Å². The number of amides is 2. The van der Waals surface area contributed by atoms with E-state index in [0.717, 1.165) is 50.0 Å². The molecule has 1 fully saturated rings. The van der Waals surface area contributed by atoms with Crippen LogP contribution < -0.4 is 10.6 Å². The summed E-state index contributed by atoms with van der Waals surface area (Å²) in [6, 6.07) is 17.0. The number of hydrogen-bond donors (Lipinski definition) is 2. The monoisotopic (exact) mass is 466 g/mol. The Labute approximate surface area is 198 Å². The Morgan fingerprint density at radius 2 is 1.03 bits per heavy atom. The Bertz CT molecular complexity index is 908. The second kappa shape index (κ2) is 9.92. The third-order valence-corrected chi connectivity index (χ3v) is 9.26. The van der Waals surface area contributed by atoms with Crippen LogP contribution in [0, 0.1) is 11.8 Å². The second-order valence-corrected chi connectivity index (χ2v) is 11.3. The molecule has 5 rings (SSSR count). The van der Waals surface area contributed by atoms with E-state index in [-0.39, 0.29) is 35.7 Å². The predicted molar refractivity (Wildman–Crippen MR) is 131 cm³/mol. The Hall–Kier alpha value is -1.92. The SMILES string of the molecule is O=C(N[C@H]1CCSc2ccccc21)C1CCC(C(=O)N[C@@H]2CCSc3ccccc32)CC1. The quantitative estimate of drug-likeness (QED) is 0.625. The van der Waals surface area contributed by atoms with Crippen molar-refractivity contribution in [1.82, 2.24) is 10.6 Å². The number of nitrogens with one attached hydrogen (secondary N) is 2. The minimum absolute atomic E-state index is 0.0209. The summed E-state index contributed by atoms with van der Waals surface area (Å²) in [5.74, 6) is 2.44. The zero-order valence-electron chi connectivity index (χ0n) is 18.2. The molecule has 1 aliphatic carbocycles. The van der Waals surface area contributed by atoms with Crippen molar-refractivity contribution in [2.75, 3.05) is 11.5 Å². The summed E-state index contributed by atoms with van der Waals surface area (Å²) in [6.45, 7) is 0. The molecule has 0 bridgehead atoms. The van der Waals surface area contributed by atoms with Gasteiger partial charge in [0.2, 0.25) is 11.8 Å². The summed E-state index contributed by atoms with van der Waals surface area (Å²) in [7, 11) is 0. The molecule has 2 aromatic carbocycles. The molecule has 1 saturated carbocycles. The molecule has 32 heavy (non-hydrogen) atoms. The van der Waals surface area contributed by atoms with Gasteiger partial charge in [-0.1, -0.05) is 36.4 Å². The van der Waals surface area contributed by atoms with E-state index in [1.807, 2.05) is 23.5 Å². The van der Waals surface area contributed by atoms with Crippen LogP contribution >= 0.6 is 23.5 Å². The van der Waals surface area contributed by atoms with Crippen LogP contribution in [0.5, 0.6) is 0 Å². The molecule has 2 amide bonds. The van der Waals surface area contributed by atoms with Crippen LogP contribution in [0.4, 0.5) is 0 Å². The van der Waals surface area contributed by atoms with Crippen LogP contribution in [0.3, 0.4) is 0 Å². The van der Waals surface area contributed by atoms with Crippen LogP contribution in [0.1, 0.15) is 61.7 Å². The molecule has 2 aliphatic heterocycles. The Morgan fingerprint density at radius 1 is 0.625 bits per heavy atom. The summed E-state index contributed by atoms with van der Waals surface area (Å²) < 4.78 is 0. The van der Waals surface area contributed by atoms with Crippen molar-refractivity contribution in [2.45, 2.75) is 60.4 Å². The first-order valence-electron chi connectivity index (χ1n) is 11.7. The van der Waals surface area contributed by atoms with Gasteiger partial charge in [-0.05, 0) is 61.8 Å². The van der Waals surface area contributed by atoms with E-state index in [9.17, 15) is 9.59 Å². The molecule has 168 valence electrons. The lowest BCUT2D eigenvalue weighted by atomic mass is 9.80. The van der Waals surface area contributed by atoms with Crippen LogP contribution in [0.25, 0.3) is 0 Å². The molecule has 3 aliphatic rings. The lowest BCUT2D eigenvalue weighted by Gasteiger charge is -2.32. The lowest BCUT2D eigenvalue weighted by Crippen LogP contribution is -2.40. The van der Waals surface area contributed by atoms with Crippen molar-refractivity contribution >= 4 is 35.3 Å². The maximum Gasteiger partial charge on any atom is 0.223 e. The molecule has 6 heteroatoms. The summed E-state index contributed by atoms with van der Waals surface area (Å²) >= 11 is 3.74. The Balaban J connectivity index is 1.14. The summed E-state index contributed by atoms with van der Waals surface area (Å²) in [5.41, 5.74) is 2.49. The zero-order valence-corrected chi connectivity index (χ0v) is 19.9. The highest BCUT2D eigenvalue weighted by Gasteiger charge is 2.33. The number of benzene rings is 2. The van der Waals surface area contributed by atoms with Gasteiger partial charge in [0.05, 0.1) is 12.1 Å². The molecule has 2 atom stereocenters. The third-order valence-electron chi connectivity index (χ3n) is 7.02. The Kier molecular flexibility index (Phi) is 6.79. The fourth-order valence-corrected chi connectivity index (χ4v) is 7.43. The van der Waals surface area contributed by atoms with E-state index in [2.05, 4.69) is 59.2 Å². The first-order valence-corrected chi connectivity index (χ1v) is 13.7. The highest BCUT2D eigenvalue weighted by molar-refractivity contribution is 7.99. The van der Waals surface area contributed by atoms with Crippen LogP contribution in [0.15, 0.2) is 58.3 Å². The van der Waals surface area contributed by atoms with Gasteiger partial charge in [-0.15, -0.1) is 23.5 Å².